The van der Waals surface area contributed by atoms with Gasteiger partial charge >= 0.3 is 0 Å². The van der Waals surface area contributed by atoms with Gasteiger partial charge in [-0.25, -0.2) is 8.42 Å². The Labute approximate surface area is 79.7 Å². The van der Waals surface area contributed by atoms with Gasteiger partial charge in [-0.1, -0.05) is 33.1 Å². The molecule has 12 heavy (non-hydrogen) atoms. The molecule has 4 heteroatoms. The summed E-state index contributed by atoms with van der Waals surface area (Å²) in [5.41, 5.74) is 0. The Balaban J connectivity index is 4.05. The lowest BCUT2D eigenvalue weighted by atomic mass is 10.1. The second-order valence-electron chi connectivity index (χ2n) is 3.03. The molecule has 0 radical (unpaired) electrons. The monoisotopic (exact) mass is 212 g/mol. The van der Waals surface area contributed by atoms with Gasteiger partial charge in [0.25, 0.3) is 0 Å². The zero-order valence-electron chi connectivity index (χ0n) is 7.72. The van der Waals surface area contributed by atoms with Crippen LogP contribution in [0.25, 0.3) is 0 Å². The Morgan fingerprint density at radius 2 is 1.75 bits per heavy atom. The van der Waals surface area contributed by atoms with E-state index in [2.05, 4.69) is 0 Å². The molecule has 0 amide bonds. The molecule has 0 spiro atoms. The lowest BCUT2D eigenvalue weighted by molar-refractivity contribution is 0.560. The number of hydrogen-bond acceptors (Lipinski definition) is 2. The molecule has 0 N–H and O–H groups in total. The van der Waals surface area contributed by atoms with Crippen molar-refractivity contribution in [3.8, 4) is 0 Å². The van der Waals surface area contributed by atoms with Gasteiger partial charge in [0.05, 0.1) is 5.25 Å². The molecule has 0 aliphatic heterocycles. The summed E-state index contributed by atoms with van der Waals surface area (Å²) in [6.07, 6.45) is 4.23. The van der Waals surface area contributed by atoms with Gasteiger partial charge in [0, 0.05) is 10.7 Å². The minimum Gasteiger partial charge on any atom is -0.212 e. The highest BCUT2D eigenvalue weighted by molar-refractivity contribution is 8.14. The van der Waals surface area contributed by atoms with E-state index in [1.165, 1.54) is 0 Å². The SMILES string of the molecule is CCCCC(CCC)S(=O)(=O)Cl. The first-order valence-corrected chi connectivity index (χ1v) is 6.83. The fourth-order valence-electron chi connectivity index (χ4n) is 1.18. The highest BCUT2D eigenvalue weighted by atomic mass is 35.7. The smallest absolute Gasteiger partial charge is 0.212 e. The second kappa shape index (κ2) is 5.81. The maximum atomic E-state index is 11.0. The van der Waals surface area contributed by atoms with Gasteiger partial charge in [0.1, 0.15) is 0 Å². The molecule has 0 heterocycles. The molecule has 0 aromatic carbocycles. The Hall–Kier alpha value is 0.240. The van der Waals surface area contributed by atoms with Crippen LogP contribution >= 0.6 is 10.7 Å². The summed E-state index contributed by atoms with van der Waals surface area (Å²) < 4.78 is 22.0. The third kappa shape index (κ3) is 4.99. The molecular weight excluding hydrogens is 196 g/mol. The normalized spacial score (nSPS) is 14.6. The minimum absolute atomic E-state index is 0.330. The maximum Gasteiger partial charge on any atom is 0.235 e. The zero-order chi connectivity index (χ0) is 9.61. The van der Waals surface area contributed by atoms with Crippen LogP contribution in [-0.2, 0) is 9.05 Å². The molecule has 2 nitrogen and oxygen atoms in total. The van der Waals surface area contributed by atoms with Crippen molar-refractivity contribution in [1.82, 2.24) is 0 Å². The van der Waals surface area contributed by atoms with Crippen LogP contribution in [0.3, 0.4) is 0 Å². The number of halogens is 1. The van der Waals surface area contributed by atoms with Crippen LogP contribution < -0.4 is 0 Å². The van der Waals surface area contributed by atoms with Crippen molar-refractivity contribution in [2.45, 2.75) is 51.2 Å². The van der Waals surface area contributed by atoms with E-state index >= 15 is 0 Å². The van der Waals surface area contributed by atoms with E-state index in [0.29, 0.717) is 12.8 Å². The molecule has 0 aliphatic rings. The highest BCUT2D eigenvalue weighted by Gasteiger charge is 2.20. The predicted octanol–water partition coefficient (Wildman–Crippen LogP) is 2.91. The Morgan fingerprint density at radius 1 is 1.17 bits per heavy atom. The molecule has 0 saturated carbocycles. The molecule has 0 rings (SSSR count). The average Bonchev–Trinajstić information content (AvgIpc) is 1.95. The quantitative estimate of drug-likeness (QED) is 0.635. The number of rotatable bonds is 6. The van der Waals surface area contributed by atoms with Crippen molar-refractivity contribution in [3.05, 3.63) is 0 Å². The van der Waals surface area contributed by atoms with Crippen LogP contribution in [0.15, 0.2) is 0 Å². The van der Waals surface area contributed by atoms with E-state index in [9.17, 15) is 8.42 Å². The lowest BCUT2D eigenvalue weighted by Gasteiger charge is -2.10. The molecule has 0 aromatic heterocycles. The molecule has 0 aromatic rings. The summed E-state index contributed by atoms with van der Waals surface area (Å²) in [6, 6.07) is 0. The van der Waals surface area contributed by atoms with Gasteiger partial charge in [-0.05, 0) is 12.8 Å². The zero-order valence-corrected chi connectivity index (χ0v) is 9.29. The molecule has 1 atom stereocenters. The van der Waals surface area contributed by atoms with Crippen molar-refractivity contribution in [2.24, 2.45) is 0 Å². The first-order valence-electron chi connectivity index (χ1n) is 4.45. The lowest BCUT2D eigenvalue weighted by Crippen LogP contribution is -2.15. The van der Waals surface area contributed by atoms with E-state index in [4.69, 9.17) is 10.7 Å². The van der Waals surface area contributed by atoms with Gasteiger partial charge in [0.15, 0.2) is 0 Å². The summed E-state index contributed by atoms with van der Waals surface area (Å²) >= 11 is 0. The molecule has 0 fully saturated rings. The topological polar surface area (TPSA) is 34.1 Å². The van der Waals surface area contributed by atoms with Crippen LogP contribution in [-0.4, -0.2) is 13.7 Å². The van der Waals surface area contributed by atoms with Crippen molar-refractivity contribution in [2.75, 3.05) is 0 Å². The van der Waals surface area contributed by atoms with Gasteiger partial charge in [-0.15, -0.1) is 0 Å². The summed E-state index contributed by atoms with van der Waals surface area (Å²) in [7, 11) is 1.96. The third-order valence-electron chi connectivity index (χ3n) is 1.89. The van der Waals surface area contributed by atoms with Gasteiger partial charge < -0.3 is 0 Å². The first-order chi connectivity index (χ1) is 5.52. The van der Waals surface area contributed by atoms with Gasteiger partial charge in [0.2, 0.25) is 9.05 Å². The van der Waals surface area contributed by atoms with E-state index in [-0.39, 0.29) is 5.25 Å². The Bertz CT molecular complexity index is 199. The summed E-state index contributed by atoms with van der Waals surface area (Å²) in [4.78, 5) is 0. The Morgan fingerprint density at radius 3 is 2.08 bits per heavy atom. The second-order valence-corrected chi connectivity index (χ2v) is 5.94. The van der Waals surface area contributed by atoms with Crippen LogP contribution in [0.2, 0.25) is 0 Å². The van der Waals surface area contributed by atoms with Gasteiger partial charge in [-0.3, -0.25) is 0 Å². The molecule has 0 aliphatic carbocycles. The average molecular weight is 213 g/mol. The highest BCUT2D eigenvalue weighted by Crippen LogP contribution is 2.18. The largest absolute Gasteiger partial charge is 0.235 e. The van der Waals surface area contributed by atoms with E-state index in [0.717, 1.165) is 19.3 Å². The molecular formula is C8H17ClO2S. The predicted molar refractivity (Wildman–Crippen MR) is 53.0 cm³/mol. The van der Waals surface area contributed by atoms with Crippen LogP contribution in [0.5, 0.6) is 0 Å². The van der Waals surface area contributed by atoms with Crippen molar-refractivity contribution in [1.29, 1.82) is 0 Å². The standard InChI is InChI=1S/C8H17ClO2S/c1-3-5-7-8(6-4-2)12(9,10)11/h8H,3-7H2,1-2H3. The van der Waals surface area contributed by atoms with E-state index in [1.807, 2.05) is 13.8 Å². The fraction of sp³-hybridized carbons (Fsp3) is 1.00. The first kappa shape index (κ1) is 12.2. The van der Waals surface area contributed by atoms with Crippen molar-refractivity contribution >= 4 is 19.7 Å². The molecule has 74 valence electrons. The van der Waals surface area contributed by atoms with Crippen molar-refractivity contribution < 1.29 is 8.42 Å². The number of unbranched alkanes of at least 4 members (excludes halogenated alkanes) is 1. The van der Waals surface area contributed by atoms with Crippen molar-refractivity contribution in [3.63, 3.8) is 0 Å². The van der Waals surface area contributed by atoms with E-state index in [1.54, 1.807) is 0 Å². The Kier molecular flexibility index (Phi) is 5.93. The summed E-state index contributed by atoms with van der Waals surface area (Å²) in [6.45, 7) is 4.02. The maximum absolute atomic E-state index is 11.0. The van der Waals surface area contributed by atoms with Gasteiger partial charge in [-0.2, -0.15) is 0 Å². The molecule has 0 bridgehead atoms. The molecule has 0 saturated heterocycles. The van der Waals surface area contributed by atoms with Crippen LogP contribution in [0.4, 0.5) is 0 Å². The number of hydrogen-bond donors (Lipinski definition) is 0. The fourth-order valence-corrected chi connectivity index (χ4v) is 2.68. The molecule has 1 unspecified atom stereocenters. The minimum atomic E-state index is -3.33. The third-order valence-corrected chi connectivity index (χ3v) is 3.91. The summed E-state index contributed by atoms with van der Waals surface area (Å²) in [5, 5.41) is -0.330. The summed E-state index contributed by atoms with van der Waals surface area (Å²) in [5.74, 6) is 0. The van der Waals surface area contributed by atoms with Crippen LogP contribution in [0.1, 0.15) is 46.0 Å². The van der Waals surface area contributed by atoms with Crippen LogP contribution in [0, 0.1) is 0 Å². The van der Waals surface area contributed by atoms with E-state index < -0.39 is 9.05 Å².